The van der Waals surface area contributed by atoms with E-state index in [2.05, 4.69) is 5.16 Å². The van der Waals surface area contributed by atoms with Crippen molar-refractivity contribution in [2.45, 2.75) is 83.2 Å². The van der Waals surface area contributed by atoms with Crippen LogP contribution in [0, 0.1) is 0 Å². The van der Waals surface area contributed by atoms with Crippen LogP contribution in [0.5, 0.6) is 0 Å². The van der Waals surface area contributed by atoms with Crippen LogP contribution in [0.4, 0.5) is 0 Å². The number of oxime groups is 1. The molecule has 168 valence electrons. The minimum Gasteiger partial charge on any atom is -0.358 e. The third kappa shape index (κ3) is 4.16. The number of nitrogens with zero attached hydrogens (tertiary/aromatic N) is 1. The zero-order chi connectivity index (χ0) is 21.8. The summed E-state index contributed by atoms with van der Waals surface area (Å²) in [6, 6.07) is 9.88. The standard InChI is InChI=1S/C23H29NO7/c1-13-11-15(14-9-7-6-8-10-14)24-31-20(13)27-18-17(16-12-25-22(2,3)28-16)26-21-19(18)29-23(4,5)30-21/h6-11,16-21H,12H2,1-5H3/t16-,17-,18+,19-,20+,21-/m1/s1. The summed E-state index contributed by atoms with van der Waals surface area (Å²) in [7, 11) is 0. The lowest BCUT2D eigenvalue weighted by atomic mass is 10.0. The van der Waals surface area contributed by atoms with E-state index in [1.165, 1.54) is 0 Å². The molecule has 0 bridgehead atoms. The third-order valence-electron chi connectivity index (χ3n) is 5.76. The monoisotopic (exact) mass is 431 g/mol. The lowest BCUT2D eigenvalue weighted by Gasteiger charge is -2.31. The minimum absolute atomic E-state index is 0.308. The molecular formula is C23H29NO7. The molecule has 3 fully saturated rings. The topological polar surface area (TPSA) is 77.0 Å². The molecule has 0 aliphatic carbocycles. The zero-order valence-electron chi connectivity index (χ0n) is 18.4. The van der Waals surface area contributed by atoms with Crippen LogP contribution in [-0.4, -0.2) is 60.9 Å². The molecule has 4 aliphatic heterocycles. The van der Waals surface area contributed by atoms with Crippen LogP contribution in [0.15, 0.2) is 47.1 Å². The average Bonchev–Trinajstić information content (AvgIpc) is 3.33. The SMILES string of the molecule is CC1=CC(c2ccccc2)=NO[C@@H]1O[C@@H]1[C@H]2OC(C)(C)O[C@H]2O[C@@H]1[C@H]1COC(C)(C)O1. The first kappa shape index (κ1) is 21.1. The molecule has 8 heteroatoms. The van der Waals surface area contributed by atoms with Gasteiger partial charge in [0.05, 0.1) is 6.61 Å². The smallest absolute Gasteiger partial charge is 0.249 e. The first-order valence-corrected chi connectivity index (χ1v) is 10.7. The molecule has 4 aliphatic rings. The Hall–Kier alpha value is -1.81. The molecule has 5 rings (SSSR count). The molecule has 0 amide bonds. The number of hydrogen-bond donors (Lipinski definition) is 0. The Morgan fingerprint density at radius 3 is 2.42 bits per heavy atom. The van der Waals surface area contributed by atoms with E-state index in [0.29, 0.717) is 6.61 Å². The van der Waals surface area contributed by atoms with Crippen molar-refractivity contribution in [2.75, 3.05) is 6.61 Å². The van der Waals surface area contributed by atoms with Gasteiger partial charge in [0.25, 0.3) is 0 Å². The van der Waals surface area contributed by atoms with Gasteiger partial charge in [-0.25, -0.2) is 0 Å². The van der Waals surface area contributed by atoms with Gasteiger partial charge in [-0.05, 0) is 46.3 Å². The Balaban J connectivity index is 1.34. The van der Waals surface area contributed by atoms with Crippen LogP contribution in [0.25, 0.3) is 0 Å². The van der Waals surface area contributed by atoms with Gasteiger partial charge in [-0.15, -0.1) is 0 Å². The van der Waals surface area contributed by atoms with Gasteiger partial charge in [0.2, 0.25) is 6.29 Å². The second-order valence-electron chi connectivity index (χ2n) is 9.21. The molecule has 4 heterocycles. The Kier molecular flexibility index (Phi) is 5.20. The fourth-order valence-electron chi connectivity index (χ4n) is 4.35. The third-order valence-corrected chi connectivity index (χ3v) is 5.76. The maximum atomic E-state index is 6.39. The fraction of sp³-hybridized carbons (Fsp3) is 0.609. The van der Waals surface area contributed by atoms with Gasteiger partial charge in [0.15, 0.2) is 17.9 Å². The average molecular weight is 431 g/mol. The van der Waals surface area contributed by atoms with Crippen molar-refractivity contribution in [3.05, 3.63) is 47.5 Å². The summed E-state index contributed by atoms with van der Waals surface area (Å²) in [5.74, 6) is -1.44. The van der Waals surface area contributed by atoms with Crippen molar-refractivity contribution in [3.63, 3.8) is 0 Å². The van der Waals surface area contributed by atoms with Crippen LogP contribution in [0.2, 0.25) is 0 Å². The van der Waals surface area contributed by atoms with E-state index in [4.69, 9.17) is 33.3 Å². The molecule has 0 saturated carbocycles. The maximum Gasteiger partial charge on any atom is 0.249 e. The quantitative estimate of drug-likeness (QED) is 0.725. The number of allylic oxidation sites excluding steroid dienone is 1. The van der Waals surface area contributed by atoms with E-state index in [9.17, 15) is 0 Å². The van der Waals surface area contributed by atoms with Crippen LogP contribution >= 0.6 is 0 Å². The first-order valence-electron chi connectivity index (χ1n) is 10.7. The highest BCUT2D eigenvalue weighted by Gasteiger charge is 2.59. The molecule has 3 saturated heterocycles. The summed E-state index contributed by atoms with van der Waals surface area (Å²) >= 11 is 0. The summed E-state index contributed by atoms with van der Waals surface area (Å²) in [4.78, 5) is 5.75. The molecule has 8 nitrogen and oxygen atoms in total. The second kappa shape index (κ2) is 7.65. The van der Waals surface area contributed by atoms with E-state index in [1.807, 2.05) is 71.0 Å². The van der Waals surface area contributed by atoms with Crippen molar-refractivity contribution < 1.29 is 33.3 Å². The minimum atomic E-state index is -0.759. The van der Waals surface area contributed by atoms with Gasteiger partial charge in [0.1, 0.15) is 30.1 Å². The van der Waals surface area contributed by atoms with Crippen LogP contribution in [-0.2, 0) is 33.3 Å². The van der Waals surface area contributed by atoms with Crippen molar-refractivity contribution in [2.24, 2.45) is 5.16 Å². The zero-order valence-corrected chi connectivity index (χ0v) is 18.4. The lowest BCUT2D eigenvalue weighted by molar-refractivity contribution is -0.251. The van der Waals surface area contributed by atoms with E-state index in [1.54, 1.807) is 0 Å². The van der Waals surface area contributed by atoms with Crippen LogP contribution < -0.4 is 0 Å². The van der Waals surface area contributed by atoms with Gasteiger partial charge < -0.3 is 33.3 Å². The summed E-state index contributed by atoms with van der Waals surface area (Å²) in [5, 5.41) is 4.28. The van der Waals surface area contributed by atoms with E-state index < -0.39 is 42.5 Å². The summed E-state index contributed by atoms with van der Waals surface area (Å²) in [5.41, 5.74) is 2.64. The Labute approximate surface area is 182 Å². The maximum absolute atomic E-state index is 6.39. The molecule has 1 aromatic carbocycles. The largest absolute Gasteiger partial charge is 0.358 e. The van der Waals surface area contributed by atoms with Crippen LogP contribution in [0.1, 0.15) is 40.2 Å². The predicted molar refractivity (Wildman–Crippen MR) is 110 cm³/mol. The number of benzene rings is 1. The van der Waals surface area contributed by atoms with Crippen molar-refractivity contribution in [3.8, 4) is 0 Å². The molecule has 31 heavy (non-hydrogen) atoms. The number of fused-ring (bicyclic) bond motifs is 1. The van der Waals surface area contributed by atoms with Crippen LogP contribution in [0.3, 0.4) is 0 Å². The molecule has 0 unspecified atom stereocenters. The molecular weight excluding hydrogens is 402 g/mol. The fourth-order valence-corrected chi connectivity index (χ4v) is 4.35. The molecule has 0 aromatic heterocycles. The predicted octanol–water partition coefficient (Wildman–Crippen LogP) is 3.11. The number of ether oxygens (including phenoxy) is 6. The van der Waals surface area contributed by atoms with Crippen molar-refractivity contribution in [1.82, 2.24) is 0 Å². The van der Waals surface area contributed by atoms with Crippen molar-refractivity contribution in [1.29, 1.82) is 0 Å². The molecule has 0 N–H and O–H groups in total. The highest BCUT2D eigenvalue weighted by atomic mass is 16.9. The van der Waals surface area contributed by atoms with E-state index >= 15 is 0 Å². The summed E-state index contributed by atoms with van der Waals surface area (Å²) in [6.07, 6.45) is -0.862. The lowest BCUT2D eigenvalue weighted by Crippen LogP contribution is -2.46. The van der Waals surface area contributed by atoms with Gasteiger partial charge in [-0.3, -0.25) is 0 Å². The van der Waals surface area contributed by atoms with Crippen molar-refractivity contribution >= 4 is 5.71 Å². The normalized spacial score (nSPS) is 38.4. The number of rotatable bonds is 4. The van der Waals surface area contributed by atoms with Gasteiger partial charge in [0, 0.05) is 5.56 Å². The summed E-state index contributed by atoms with van der Waals surface area (Å²) < 4.78 is 36.4. The first-order chi connectivity index (χ1) is 14.7. The highest BCUT2D eigenvalue weighted by molar-refractivity contribution is 6.09. The second-order valence-corrected chi connectivity index (χ2v) is 9.21. The Morgan fingerprint density at radius 1 is 0.968 bits per heavy atom. The Morgan fingerprint density at radius 2 is 1.74 bits per heavy atom. The van der Waals surface area contributed by atoms with E-state index in [0.717, 1.165) is 16.8 Å². The highest BCUT2D eigenvalue weighted by Crippen LogP contribution is 2.42. The number of hydrogen-bond acceptors (Lipinski definition) is 8. The molecule has 6 atom stereocenters. The molecule has 1 aromatic rings. The molecule has 0 radical (unpaired) electrons. The molecule has 0 spiro atoms. The Bertz CT molecular complexity index is 881. The van der Waals surface area contributed by atoms with Gasteiger partial charge in [-0.2, -0.15) is 0 Å². The van der Waals surface area contributed by atoms with E-state index in [-0.39, 0.29) is 6.10 Å². The van der Waals surface area contributed by atoms with Gasteiger partial charge in [-0.1, -0.05) is 35.5 Å². The van der Waals surface area contributed by atoms with Gasteiger partial charge >= 0.3 is 0 Å². The summed E-state index contributed by atoms with van der Waals surface area (Å²) in [6.45, 7) is 9.84.